The lowest BCUT2D eigenvalue weighted by atomic mass is 9.99. The molecule has 2 aliphatic rings. The van der Waals surface area contributed by atoms with Crippen molar-refractivity contribution in [2.75, 3.05) is 59.4 Å². The molecule has 1 saturated heterocycles. The SMILES string of the molecule is CNCCCN1CCN(CCCNC(=O)C[C@@H]2N=C(c3ccc(Cl)cc3)c3c(sc(C)c3C)-n3c(C)nnc32)CC1. The molecule has 0 radical (unpaired) electrons. The van der Waals surface area contributed by atoms with Gasteiger partial charge in [-0.25, -0.2) is 0 Å². The average Bonchev–Trinajstić information content (AvgIpc) is 3.44. The predicted octanol–water partition coefficient (Wildman–Crippen LogP) is 3.92. The third-order valence-corrected chi connectivity index (χ3v) is 9.52. The summed E-state index contributed by atoms with van der Waals surface area (Å²) in [4.78, 5) is 24.7. The van der Waals surface area contributed by atoms with Gasteiger partial charge in [-0.1, -0.05) is 23.7 Å². The molecule has 0 unspecified atom stereocenters. The van der Waals surface area contributed by atoms with Crippen LogP contribution < -0.4 is 10.6 Å². The molecule has 1 aromatic carbocycles. The number of fused-ring (bicyclic) bond motifs is 3. The van der Waals surface area contributed by atoms with Crippen LogP contribution in [0.3, 0.4) is 0 Å². The van der Waals surface area contributed by atoms with E-state index in [0.29, 0.717) is 17.4 Å². The minimum atomic E-state index is -0.447. The number of aliphatic imine (C=N–C) groups is 1. The van der Waals surface area contributed by atoms with E-state index in [1.54, 1.807) is 11.3 Å². The Morgan fingerprint density at radius 3 is 2.32 bits per heavy atom. The molecule has 1 amide bonds. The number of halogens is 1. The minimum absolute atomic E-state index is 0.0195. The van der Waals surface area contributed by atoms with Crippen molar-refractivity contribution in [3.63, 3.8) is 0 Å². The highest BCUT2D eigenvalue weighted by Crippen LogP contribution is 2.39. The number of hydrogen-bond donors (Lipinski definition) is 2. The van der Waals surface area contributed by atoms with Crippen LogP contribution in [0.5, 0.6) is 0 Å². The summed E-state index contributed by atoms with van der Waals surface area (Å²) in [7, 11) is 2.01. The van der Waals surface area contributed by atoms with E-state index in [0.717, 1.165) is 79.9 Å². The third kappa shape index (κ3) is 6.89. The van der Waals surface area contributed by atoms with Crippen molar-refractivity contribution in [1.82, 2.24) is 35.2 Å². The van der Waals surface area contributed by atoms with Gasteiger partial charge in [-0.3, -0.25) is 14.4 Å². The predicted molar refractivity (Wildman–Crippen MR) is 167 cm³/mol. The van der Waals surface area contributed by atoms with E-state index in [1.165, 1.54) is 16.9 Å². The standard InChI is InChI=1S/C30H41ClN8OS/c1-20-21(2)41-30-27(20)28(23-7-9-24(31)10-8-23)34-25(29-36-35-22(3)39(29)30)19-26(40)33-12-6-14-38-17-15-37(16-18-38)13-5-11-32-4/h7-10,25,32H,5-6,11-19H2,1-4H3,(H,33,40)/t25-/m0/s1. The molecule has 41 heavy (non-hydrogen) atoms. The first-order chi connectivity index (χ1) is 19.9. The summed E-state index contributed by atoms with van der Waals surface area (Å²) in [6.45, 7) is 14.5. The second-order valence-electron chi connectivity index (χ2n) is 11.0. The summed E-state index contributed by atoms with van der Waals surface area (Å²) in [5.74, 6) is 1.48. The van der Waals surface area contributed by atoms with Crippen molar-refractivity contribution in [3.05, 3.63) is 62.5 Å². The molecule has 0 aliphatic carbocycles. The molecule has 2 aromatic heterocycles. The van der Waals surface area contributed by atoms with Gasteiger partial charge in [0.05, 0.1) is 12.1 Å². The van der Waals surface area contributed by atoms with Gasteiger partial charge in [0.15, 0.2) is 5.82 Å². The maximum atomic E-state index is 13.2. The summed E-state index contributed by atoms with van der Waals surface area (Å²) in [6, 6.07) is 7.31. The molecular weight excluding hydrogens is 556 g/mol. The maximum Gasteiger partial charge on any atom is 0.222 e. The van der Waals surface area contributed by atoms with Gasteiger partial charge in [0.25, 0.3) is 0 Å². The molecule has 9 nitrogen and oxygen atoms in total. The molecular formula is C30H41ClN8OS. The van der Waals surface area contributed by atoms with Crippen LogP contribution in [0.4, 0.5) is 0 Å². The van der Waals surface area contributed by atoms with E-state index < -0.39 is 6.04 Å². The van der Waals surface area contributed by atoms with Crippen LogP contribution >= 0.6 is 22.9 Å². The Morgan fingerprint density at radius 1 is 1.00 bits per heavy atom. The largest absolute Gasteiger partial charge is 0.356 e. The van der Waals surface area contributed by atoms with E-state index in [2.05, 4.69) is 49.0 Å². The highest BCUT2D eigenvalue weighted by Gasteiger charge is 2.32. The number of thiophene rings is 1. The van der Waals surface area contributed by atoms with Crippen molar-refractivity contribution >= 4 is 34.6 Å². The van der Waals surface area contributed by atoms with Crippen molar-refractivity contribution in [3.8, 4) is 5.00 Å². The van der Waals surface area contributed by atoms with Gasteiger partial charge in [-0.2, -0.15) is 0 Å². The van der Waals surface area contributed by atoms with Gasteiger partial charge in [0.2, 0.25) is 5.91 Å². The molecule has 4 heterocycles. The Kier molecular flexibility index (Phi) is 9.87. The maximum absolute atomic E-state index is 13.2. The van der Waals surface area contributed by atoms with Crippen molar-refractivity contribution in [2.45, 2.75) is 46.1 Å². The van der Waals surface area contributed by atoms with Crippen LogP contribution in [0.1, 0.15) is 58.5 Å². The van der Waals surface area contributed by atoms with E-state index in [9.17, 15) is 4.79 Å². The number of nitrogens with zero attached hydrogens (tertiary/aromatic N) is 6. The normalized spacial score (nSPS) is 17.6. The number of aromatic nitrogens is 3. The molecule has 5 rings (SSSR count). The average molecular weight is 597 g/mol. The fraction of sp³-hybridized carbons (Fsp3) is 0.533. The summed E-state index contributed by atoms with van der Waals surface area (Å²) < 4.78 is 2.09. The highest BCUT2D eigenvalue weighted by atomic mass is 35.5. The fourth-order valence-corrected chi connectivity index (χ4v) is 6.97. The van der Waals surface area contributed by atoms with Crippen LogP contribution in [0.25, 0.3) is 5.00 Å². The zero-order valence-corrected chi connectivity index (χ0v) is 26.1. The van der Waals surface area contributed by atoms with Gasteiger partial charge in [0.1, 0.15) is 16.9 Å². The number of carbonyl (C=O) groups excluding carboxylic acids is 1. The number of amides is 1. The Morgan fingerprint density at radius 2 is 1.66 bits per heavy atom. The summed E-state index contributed by atoms with van der Waals surface area (Å²) in [6.07, 6.45) is 2.34. The molecule has 0 saturated carbocycles. The molecule has 2 aliphatic heterocycles. The number of piperazine rings is 1. The minimum Gasteiger partial charge on any atom is -0.356 e. The first kappa shape index (κ1) is 29.8. The zero-order chi connectivity index (χ0) is 28.9. The van der Waals surface area contributed by atoms with Crippen molar-refractivity contribution in [1.29, 1.82) is 0 Å². The van der Waals surface area contributed by atoms with Gasteiger partial charge in [-0.05, 0) is 78.0 Å². The molecule has 0 bridgehead atoms. The van der Waals surface area contributed by atoms with Crippen LogP contribution in [0.2, 0.25) is 5.02 Å². The number of rotatable bonds is 11. The lowest BCUT2D eigenvalue weighted by molar-refractivity contribution is -0.121. The number of benzene rings is 1. The summed E-state index contributed by atoms with van der Waals surface area (Å²) in [5, 5.41) is 17.0. The van der Waals surface area contributed by atoms with Gasteiger partial charge in [0, 0.05) is 53.8 Å². The third-order valence-electron chi connectivity index (χ3n) is 8.08. The summed E-state index contributed by atoms with van der Waals surface area (Å²) >= 11 is 7.93. The smallest absolute Gasteiger partial charge is 0.222 e. The first-order valence-electron chi connectivity index (χ1n) is 14.6. The molecule has 3 aromatic rings. The number of hydrogen-bond acceptors (Lipinski definition) is 8. The van der Waals surface area contributed by atoms with E-state index in [4.69, 9.17) is 16.6 Å². The molecule has 0 spiro atoms. The lowest BCUT2D eigenvalue weighted by Gasteiger charge is -2.34. The van der Waals surface area contributed by atoms with E-state index in [-0.39, 0.29) is 12.3 Å². The second-order valence-corrected chi connectivity index (χ2v) is 12.6. The zero-order valence-electron chi connectivity index (χ0n) is 24.5. The molecule has 2 N–H and O–H groups in total. The van der Waals surface area contributed by atoms with Crippen LogP contribution in [0, 0.1) is 20.8 Å². The quantitative estimate of drug-likeness (QED) is 0.326. The van der Waals surface area contributed by atoms with Gasteiger partial charge in [-0.15, -0.1) is 21.5 Å². The highest BCUT2D eigenvalue weighted by molar-refractivity contribution is 7.15. The Bertz CT molecular complexity index is 1370. The molecule has 1 atom stereocenters. The molecule has 220 valence electrons. The van der Waals surface area contributed by atoms with E-state index >= 15 is 0 Å². The van der Waals surface area contributed by atoms with Gasteiger partial charge < -0.3 is 20.4 Å². The van der Waals surface area contributed by atoms with Crippen LogP contribution in [-0.4, -0.2) is 95.6 Å². The first-order valence-corrected chi connectivity index (χ1v) is 15.8. The van der Waals surface area contributed by atoms with E-state index in [1.807, 2.05) is 38.2 Å². The molecule has 1 fully saturated rings. The summed E-state index contributed by atoms with van der Waals surface area (Å²) in [5.41, 5.74) is 4.09. The van der Waals surface area contributed by atoms with Crippen molar-refractivity contribution in [2.24, 2.45) is 4.99 Å². The Hall–Kier alpha value is -2.63. The number of carbonyl (C=O) groups is 1. The molecule has 11 heteroatoms. The fourth-order valence-electron chi connectivity index (χ4n) is 5.63. The monoisotopic (exact) mass is 596 g/mol. The Labute approximate surface area is 252 Å². The Balaban J connectivity index is 1.24. The number of aryl methyl sites for hydroxylation is 2. The second kappa shape index (κ2) is 13.6. The van der Waals surface area contributed by atoms with Crippen molar-refractivity contribution < 1.29 is 4.79 Å². The number of nitrogens with one attached hydrogen (secondary N) is 2. The van der Waals surface area contributed by atoms with Crippen LogP contribution in [-0.2, 0) is 4.79 Å². The van der Waals surface area contributed by atoms with Gasteiger partial charge >= 0.3 is 0 Å². The van der Waals surface area contributed by atoms with Crippen LogP contribution in [0.15, 0.2) is 29.3 Å². The lowest BCUT2D eigenvalue weighted by Crippen LogP contribution is -2.47. The topological polar surface area (TPSA) is 90.7 Å².